The molecule has 5 nitrogen and oxygen atoms in total. The van der Waals surface area contributed by atoms with E-state index in [1.165, 1.54) is 4.90 Å². The number of hydrogen-bond donors (Lipinski definition) is 1. The lowest BCUT2D eigenvalue weighted by Crippen LogP contribution is -2.47. The van der Waals surface area contributed by atoms with E-state index in [9.17, 15) is 19.5 Å². The predicted octanol–water partition coefficient (Wildman–Crippen LogP) is 3.20. The van der Waals surface area contributed by atoms with Crippen molar-refractivity contribution < 1.29 is 19.5 Å². The highest BCUT2D eigenvalue weighted by Crippen LogP contribution is 2.35. The number of rotatable bonds is 6. The summed E-state index contributed by atoms with van der Waals surface area (Å²) in [5, 5.41) is 9.49. The molecule has 0 radical (unpaired) electrons. The Hall–Kier alpha value is -1.99. The number of carbonyl (C=O) groups is 3. The van der Waals surface area contributed by atoms with Crippen molar-refractivity contribution >= 4 is 52.5 Å². The molecule has 0 bridgehead atoms. The van der Waals surface area contributed by atoms with Crippen LogP contribution in [0.2, 0.25) is 0 Å². The van der Waals surface area contributed by atoms with Gasteiger partial charge in [0.25, 0.3) is 5.91 Å². The highest BCUT2D eigenvalue weighted by atomic mass is 32.2. The number of carboxylic acid groups (broad SMARTS) is 1. The maximum Gasteiger partial charge on any atom is 0.327 e. The minimum Gasteiger partial charge on any atom is -0.480 e. The van der Waals surface area contributed by atoms with E-state index in [-0.39, 0.29) is 10.2 Å². The smallest absolute Gasteiger partial charge is 0.327 e. The number of carboxylic acids is 1. The lowest BCUT2D eigenvalue weighted by Gasteiger charge is -2.27. The van der Waals surface area contributed by atoms with Gasteiger partial charge in [-0.25, -0.2) is 4.79 Å². The van der Waals surface area contributed by atoms with E-state index in [1.807, 2.05) is 6.92 Å². The summed E-state index contributed by atoms with van der Waals surface area (Å²) in [5.41, 5.74) is 1.29. The SMILES string of the molecule is CCC(C)C(C(=O)O)N1C(=O)C(=Cc2ccc(C=O)cc2)SC1=S. The molecule has 0 spiro atoms. The lowest BCUT2D eigenvalue weighted by molar-refractivity contribution is -0.147. The normalized spacial score (nSPS) is 18.8. The fourth-order valence-electron chi connectivity index (χ4n) is 2.37. The molecule has 2 rings (SSSR count). The first-order chi connectivity index (χ1) is 11.4. The zero-order valence-electron chi connectivity index (χ0n) is 13.3. The standard InChI is InChI=1S/C17H17NO4S2/c1-3-10(2)14(16(21)22)18-15(20)13(24-17(18)23)8-11-4-6-12(9-19)7-5-11/h4-10,14H,3H2,1-2H3,(H,21,22). The van der Waals surface area contributed by atoms with Gasteiger partial charge in [0, 0.05) is 5.56 Å². The maximum atomic E-state index is 12.6. The molecule has 1 saturated heterocycles. The van der Waals surface area contributed by atoms with Gasteiger partial charge < -0.3 is 5.11 Å². The van der Waals surface area contributed by atoms with Crippen molar-refractivity contribution in [1.82, 2.24) is 4.90 Å². The van der Waals surface area contributed by atoms with Gasteiger partial charge in [0.15, 0.2) is 0 Å². The number of benzene rings is 1. The first-order valence-corrected chi connectivity index (χ1v) is 8.66. The molecular formula is C17H17NO4S2. The molecule has 1 aromatic rings. The molecule has 1 aliphatic heterocycles. The minimum atomic E-state index is -1.06. The van der Waals surface area contributed by atoms with E-state index in [4.69, 9.17) is 12.2 Å². The molecule has 7 heteroatoms. The summed E-state index contributed by atoms with van der Waals surface area (Å²) < 4.78 is 0.253. The summed E-state index contributed by atoms with van der Waals surface area (Å²) in [6.45, 7) is 3.67. The van der Waals surface area contributed by atoms with Gasteiger partial charge in [-0.2, -0.15) is 0 Å². The molecule has 2 unspecified atom stereocenters. The van der Waals surface area contributed by atoms with Crippen molar-refractivity contribution in [2.75, 3.05) is 0 Å². The van der Waals surface area contributed by atoms with Crippen molar-refractivity contribution in [2.45, 2.75) is 26.3 Å². The van der Waals surface area contributed by atoms with Crippen LogP contribution in [0.4, 0.5) is 0 Å². The Balaban J connectivity index is 2.31. The van der Waals surface area contributed by atoms with E-state index >= 15 is 0 Å². The van der Waals surface area contributed by atoms with E-state index in [0.29, 0.717) is 16.9 Å². The number of thioether (sulfide) groups is 1. The van der Waals surface area contributed by atoms with Crippen LogP contribution in [0.25, 0.3) is 6.08 Å². The Morgan fingerprint density at radius 3 is 2.42 bits per heavy atom. The Morgan fingerprint density at radius 2 is 1.92 bits per heavy atom. The van der Waals surface area contributed by atoms with Crippen LogP contribution in [0.3, 0.4) is 0 Å². The lowest BCUT2D eigenvalue weighted by atomic mass is 9.98. The summed E-state index contributed by atoms with van der Waals surface area (Å²) in [6.07, 6.45) is 3.02. The van der Waals surface area contributed by atoms with E-state index in [1.54, 1.807) is 37.3 Å². The van der Waals surface area contributed by atoms with Crippen LogP contribution in [-0.2, 0) is 9.59 Å². The van der Waals surface area contributed by atoms with Gasteiger partial charge >= 0.3 is 5.97 Å². The number of nitrogens with zero attached hydrogens (tertiary/aromatic N) is 1. The van der Waals surface area contributed by atoms with Crippen molar-refractivity contribution in [3.8, 4) is 0 Å². The fraction of sp³-hybridized carbons (Fsp3) is 0.294. The topological polar surface area (TPSA) is 74.7 Å². The van der Waals surface area contributed by atoms with Crippen molar-refractivity contribution in [2.24, 2.45) is 5.92 Å². The summed E-state index contributed by atoms with van der Waals surface area (Å²) in [7, 11) is 0. The number of carbonyl (C=O) groups excluding carboxylic acids is 2. The zero-order valence-corrected chi connectivity index (χ0v) is 14.9. The number of hydrogen-bond acceptors (Lipinski definition) is 5. The molecule has 1 heterocycles. The quantitative estimate of drug-likeness (QED) is 0.475. The molecule has 1 amide bonds. The minimum absolute atomic E-state index is 0.212. The van der Waals surface area contributed by atoms with Crippen LogP contribution in [0.1, 0.15) is 36.2 Å². The van der Waals surface area contributed by atoms with E-state index in [0.717, 1.165) is 23.6 Å². The molecule has 1 N–H and O–H groups in total. The molecule has 0 aromatic heterocycles. The molecular weight excluding hydrogens is 346 g/mol. The van der Waals surface area contributed by atoms with E-state index < -0.39 is 17.9 Å². The third kappa shape index (κ3) is 3.73. The fourth-order valence-corrected chi connectivity index (χ4v) is 3.70. The molecule has 0 saturated carbocycles. The van der Waals surface area contributed by atoms with Crippen molar-refractivity contribution in [1.29, 1.82) is 0 Å². The van der Waals surface area contributed by atoms with Crippen LogP contribution >= 0.6 is 24.0 Å². The van der Waals surface area contributed by atoms with Gasteiger partial charge in [-0.05, 0) is 17.6 Å². The Morgan fingerprint density at radius 1 is 1.33 bits per heavy atom. The third-order valence-electron chi connectivity index (χ3n) is 3.91. The summed E-state index contributed by atoms with van der Waals surface area (Å²) in [4.78, 5) is 36.5. The van der Waals surface area contributed by atoms with Crippen LogP contribution in [0.5, 0.6) is 0 Å². The first-order valence-electron chi connectivity index (χ1n) is 7.44. The first kappa shape index (κ1) is 18.4. The van der Waals surface area contributed by atoms with Crippen LogP contribution in [0.15, 0.2) is 29.2 Å². The van der Waals surface area contributed by atoms with E-state index in [2.05, 4.69) is 0 Å². The van der Waals surface area contributed by atoms with Crippen LogP contribution < -0.4 is 0 Å². The summed E-state index contributed by atoms with van der Waals surface area (Å²) in [6, 6.07) is 5.78. The highest BCUT2D eigenvalue weighted by molar-refractivity contribution is 8.26. The Kier molecular flexibility index (Phi) is 5.90. The maximum absolute atomic E-state index is 12.6. The molecule has 1 fully saturated rings. The number of aldehydes is 1. The average Bonchev–Trinajstić information content (AvgIpc) is 2.83. The molecule has 1 aromatic carbocycles. The van der Waals surface area contributed by atoms with Gasteiger partial charge in [0.2, 0.25) is 0 Å². The summed E-state index contributed by atoms with van der Waals surface area (Å²) >= 11 is 6.33. The molecule has 0 aliphatic carbocycles. The van der Waals surface area contributed by atoms with Gasteiger partial charge in [0.1, 0.15) is 16.6 Å². The largest absolute Gasteiger partial charge is 0.480 e. The van der Waals surface area contributed by atoms with Gasteiger partial charge in [-0.1, -0.05) is 68.5 Å². The Labute approximate surface area is 149 Å². The second kappa shape index (κ2) is 7.72. The van der Waals surface area contributed by atoms with Crippen LogP contribution in [-0.4, -0.2) is 38.5 Å². The number of aliphatic carboxylic acids is 1. The van der Waals surface area contributed by atoms with Gasteiger partial charge in [-0.15, -0.1) is 0 Å². The van der Waals surface area contributed by atoms with Crippen molar-refractivity contribution in [3.63, 3.8) is 0 Å². The molecule has 126 valence electrons. The molecule has 24 heavy (non-hydrogen) atoms. The van der Waals surface area contributed by atoms with Gasteiger partial charge in [-0.3, -0.25) is 14.5 Å². The average molecular weight is 363 g/mol. The Bertz CT molecular complexity index is 712. The van der Waals surface area contributed by atoms with Gasteiger partial charge in [0.05, 0.1) is 4.91 Å². The highest BCUT2D eigenvalue weighted by Gasteiger charge is 2.42. The zero-order chi connectivity index (χ0) is 17.9. The predicted molar refractivity (Wildman–Crippen MR) is 97.7 cm³/mol. The monoisotopic (exact) mass is 363 g/mol. The number of thiocarbonyl (C=S) groups is 1. The number of amides is 1. The summed E-state index contributed by atoms with van der Waals surface area (Å²) in [5.74, 6) is -1.66. The molecule has 1 aliphatic rings. The second-order valence-corrected chi connectivity index (χ2v) is 7.18. The third-order valence-corrected chi connectivity index (χ3v) is 5.24. The second-order valence-electron chi connectivity index (χ2n) is 5.50. The molecule has 2 atom stereocenters. The van der Waals surface area contributed by atoms with Crippen molar-refractivity contribution in [3.05, 3.63) is 40.3 Å². The van der Waals surface area contributed by atoms with Crippen LogP contribution in [0, 0.1) is 5.92 Å².